The Labute approximate surface area is 433 Å². The van der Waals surface area contributed by atoms with Crippen molar-refractivity contribution in [2.75, 3.05) is 4.90 Å². The molecule has 74 heavy (non-hydrogen) atoms. The van der Waals surface area contributed by atoms with E-state index in [1.165, 1.54) is 170 Å². The molecule has 0 amide bonds. The van der Waals surface area contributed by atoms with E-state index >= 15 is 0 Å². The molecular formula is C70H54BN3. The predicted molar refractivity (Wildman–Crippen MR) is 314 cm³/mol. The zero-order chi connectivity index (χ0) is 49.8. The first-order valence-electron chi connectivity index (χ1n) is 27.7. The molecule has 10 aromatic carbocycles. The van der Waals surface area contributed by atoms with Gasteiger partial charge in [-0.25, -0.2) is 0 Å². The summed E-state index contributed by atoms with van der Waals surface area (Å²) >= 11 is 0. The molecule has 352 valence electrons. The van der Waals surface area contributed by atoms with E-state index in [1.54, 1.807) is 0 Å². The van der Waals surface area contributed by atoms with Crippen LogP contribution in [0.25, 0.3) is 99.1 Å². The van der Waals surface area contributed by atoms with Gasteiger partial charge in [-0.3, -0.25) is 0 Å². The maximum Gasteiger partial charge on any atom is 0.252 e. The first kappa shape index (κ1) is 40.4. The van der Waals surface area contributed by atoms with Crippen molar-refractivity contribution >= 4 is 94.5 Å². The van der Waals surface area contributed by atoms with Crippen LogP contribution in [0.15, 0.2) is 182 Å². The van der Waals surface area contributed by atoms with Crippen molar-refractivity contribution < 1.29 is 1.37 Å². The highest BCUT2D eigenvalue weighted by Gasteiger charge is 2.47. The quantitative estimate of drug-likeness (QED) is 0.160. The molecule has 0 radical (unpaired) electrons. The van der Waals surface area contributed by atoms with E-state index < -0.39 is 5.89 Å². The number of nitrogens with zero attached hydrogens (tertiary/aromatic N) is 3. The highest BCUT2D eigenvalue weighted by molar-refractivity contribution is 7.00. The molecule has 1 saturated carbocycles. The Morgan fingerprint density at radius 2 is 1.22 bits per heavy atom. The number of benzene rings is 10. The predicted octanol–water partition coefficient (Wildman–Crippen LogP) is 16.8. The molecule has 0 atom stereocenters. The van der Waals surface area contributed by atoms with Crippen LogP contribution in [0.4, 0.5) is 17.1 Å². The molecule has 4 heteroatoms. The molecule has 0 bridgehead atoms. The van der Waals surface area contributed by atoms with Gasteiger partial charge in [0, 0.05) is 56.6 Å². The Bertz CT molecular complexity index is 4540. The zero-order valence-corrected chi connectivity index (χ0v) is 42.4. The Morgan fingerprint density at radius 3 is 2.03 bits per heavy atom. The molecule has 0 unspecified atom stereocenters. The Morgan fingerprint density at radius 1 is 0.514 bits per heavy atom. The highest BCUT2D eigenvalue weighted by Crippen LogP contribution is 2.56. The minimum absolute atomic E-state index is 0.0991. The van der Waals surface area contributed by atoms with Gasteiger partial charge in [0.05, 0.1) is 22.2 Å². The summed E-state index contributed by atoms with van der Waals surface area (Å²) < 4.78 is 14.8. The number of hydrogen-bond donors (Lipinski definition) is 0. The third-order valence-corrected chi connectivity index (χ3v) is 18.6. The fourth-order valence-electron chi connectivity index (χ4n) is 15.5. The van der Waals surface area contributed by atoms with Crippen molar-refractivity contribution in [2.45, 2.75) is 77.0 Å². The van der Waals surface area contributed by atoms with Gasteiger partial charge in [-0.05, 0) is 162 Å². The number of anilines is 3. The van der Waals surface area contributed by atoms with Crippen LogP contribution in [0.2, 0.25) is 0 Å². The number of rotatable bonds is 4. The average molecular weight is 949 g/mol. The molecule has 4 heterocycles. The van der Waals surface area contributed by atoms with Crippen LogP contribution in [0.5, 0.6) is 0 Å². The molecule has 3 aliphatic carbocycles. The van der Waals surface area contributed by atoms with Crippen LogP contribution >= 0.6 is 0 Å². The van der Waals surface area contributed by atoms with E-state index in [4.69, 9.17) is 0 Å². The smallest absolute Gasteiger partial charge is 0.252 e. The molecular weight excluding hydrogens is 894 g/mol. The summed E-state index contributed by atoms with van der Waals surface area (Å²) in [6.07, 6.45) is 6.45. The molecule has 1 fully saturated rings. The van der Waals surface area contributed by atoms with Crippen LogP contribution in [0.1, 0.15) is 95.2 Å². The van der Waals surface area contributed by atoms with Crippen molar-refractivity contribution in [3.05, 3.63) is 204 Å². The second-order valence-electron chi connectivity index (χ2n) is 22.9. The maximum atomic E-state index is 9.51. The fraction of sp³-hybridized carbons (Fsp3) is 0.171. The van der Waals surface area contributed by atoms with E-state index in [1.807, 2.05) is 13.8 Å². The summed E-state index contributed by atoms with van der Waals surface area (Å²) in [6, 6.07) is 70.1. The second kappa shape index (κ2) is 14.6. The first-order chi connectivity index (χ1) is 36.6. The molecule has 2 aromatic heterocycles. The minimum Gasteiger partial charge on any atom is -0.311 e. The normalized spacial score (nSPS) is 16.0. The van der Waals surface area contributed by atoms with Crippen LogP contribution in [0.3, 0.4) is 0 Å². The largest absolute Gasteiger partial charge is 0.311 e. The number of fused-ring (bicyclic) bond motifs is 14. The van der Waals surface area contributed by atoms with Crippen molar-refractivity contribution in [1.82, 2.24) is 9.13 Å². The SMILES string of the molecule is [2H]C(C)(C)c1ccc2c(c1)B1c3c(cc(-n4c5cccc6c5c5c7c(cccc7ccc54)-c4ccccc4-6)cc3-n3c4ccc(C5CCCCC5)cc4c4c5c(cc1c43)-c1ccccc1C5(C)C)N2c1ccccc1. The molecule has 3 nitrogen and oxygen atoms in total. The third-order valence-electron chi connectivity index (χ3n) is 18.6. The van der Waals surface area contributed by atoms with Gasteiger partial charge in [0.1, 0.15) is 0 Å². The van der Waals surface area contributed by atoms with Crippen molar-refractivity contribution in [3.63, 3.8) is 0 Å². The van der Waals surface area contributed by atoms with Gasteiger partial charge in [0.2, 0.25) is 0 Å². The molecule has 0 spiro atoms. The average Bonchev–Trinajstić information content (AvgIpc) is 4.03. The van der Waals surface area contributed by atoms with Gasteiger partial charge in [-0.2, -0.15) is 0 Å². The van der Waals surface area contributed by atoms with Gasteiger partial charge in [-0.1, -0.05) is 174 Å². The minimum atomic E-state index is -0.794. The lowest BCUT2D eigenvalue weighted by Gasteiger charge is -2.41. The molecule has 2 aliphatic heterocycles. The molecule has 5 aliphatic rings. The summed E-state index contributed by atoms with van der Waals surface area (Å²) in [5, 5.41) is 7.98. The summed E-state index contributed by atoms with van der Waals surface area (Å²) in [4.78, 5) is 2.54. The number of para-hydroxylation sites is 1. The van der Waals surface area contributed by atoms with Gasteiger partial charge >= 0.3 is 0 Å². The lowest BCUT2D eigenvalue weighted by molar-refractivity contribution is 0.444. The number of aromatic nitrogens is 2. The topological polar surface area (TPSA) is 13.1 Å². The summed E-state index contributed by atoms with van der Waals surface area (Å²) in [7, 11) is 0. The van der Waals surface area contributed by atoms with Crippen LogP contribution < -0.4 is 21.3 Å². The highest BCUT2D eigenvalue weighted by atomic mass is 15.2. The number of hydrogen-bond acceptors (Lipinski definition) is 1. The Balaban J connectivity index is 1.06. The zero-order valence-electron chi connectivity index (χ0n) is 43.4. The lowest BCUT2D eigenvalue weighted by atomic mass is 9.33. The van der Waals surface area contributed by atoms with Gasteiger partial charge in [0.25, 0.3) is 6.71 Å². The van der Waals surface area contributed by atoms with Gasteiger partial charge in [0.15, 0.2) is 0 Å². The van der Waals surface area contributed by atoms with E-state index in [9.17, 15) is 1.37 Å². The van der Waals surface area contributed by atoms with Gasteiger partial charge < -0.3 is 14.0 Å². The summed E-state index contributed by atoms with van der Waals surface area (Å²) in [6.45, 7) is 8.91. The van der Waals surface area contributed by atoms with Gasteiger partial charge in [-0.15, -0.1) is 0 Å². The van der Waals surface area contributed by atoms with Crippen molar-refractivity contribution in [2.24, 2.45) is 0 Å². The van der Waals surface area contributed by atoms with Crippen LogP contribution in [-0.2, 0) is 5.41 Å². The fourth-order valence-corrected chi connectivity index (χ4v) is 15.5. The molecule has 0 saturated heterocycles. The van der Waals surface area contributed by atoms with E-state index in [2.05, 4.69) is 210 Å². The monoisotopic (exact) mass is 948 g/mol. The Hall–Kier alpha value is -8.08. The molecule has 12 aromatic rings. The van der Waals surface area contributed by atoms with Crippen molar-refractivity contribution in [3.8, 4) is 44.8 Å². The molecule has 0 N–H and O–H groups in total. The Kier molecular flexibility index (Phi) is 7.96. The second-order valence-corrected chi connectivity index (χ2v) is 22.9. The lowest BCUT2D eigenvalue weighted by Crippen LogP contribution is -2.60. The third kappa shape index (κ3) is 5.19. The first-order valence-corrected chi connectivity index (χ1v) is 27.2. The summed E-state index contributed by atoms with van der Waals surface area (Å²) in [5.41, 5.74) is 27.8. The van der Waals surface area contributed by atoms with E-state index in [0.29, 0.717) is 5.92 Å². The summed E-state index contributed by atoms with van der Waals surface area (Å²) in [5.74, 6) is -0.223. The van der Waals surface area contributed by atoms with Crippen molar-refractivity contribution in [1.29, 1.82) is 0 Å². The van der Waals surface area contributed by atoms with E-state index in [-0.39, 0.29) is 12.1 Å². The molecule has 17 rings (SSSR count). The van der Waals surface area contributed by atoms with Crippen LogP contribution in [0, 0.1) is 0 Å². The van der Waals surface area contributed by atoms with E-state index in [0.717, 1.165) is 16.9 Å². The maximum absolute atomic E-state index is 9.51. The van der Waals surface area contributed by atoms with Crippen LogP contribution in [-0.4, -0.2) is 15.8 Å². The standard InChI is InChI=1S/C70H54BN3/c1-40(2)43-30-33-58-55(36-43)71-56-39-52-49-24-13-14-27-54(49)70(3,4)67(52)65-53-35-44(41-17-7-5-8-18-41)31-32-57(53)74(69(56)65)62-38-46(37-61(68(62)71)72(58)45-20-9-6-10-21-45)73-59-28-16-26-51-48-23-12-11-22-47(48)50-25-15-19-42-29-34-60(73)66(63(42)50)64(51)59/h6,9-16,19-41H,5,7-8,17-18H2,1-4H3/i40D.